The smallest absolute Gasteiger partial charge is 0.227 e. The summed E-state index contributed by atoms with van der Waals surface area (Å²) < 4.78 is 7.54. The van der Waals surface area contributed by atoms with Crippen LogP contribution in [0.1, 0.15) is 58.4 Å². The predicted octanol–water partition coefficient (Wildman–Crippen LogP) is 3.70. The molecule has 192 valence electrons. The third-order valence-corrected chi connectivity index (χ3v) is 6.99. The average molecular weight is 483 g/mol. The molecule has 35 heavy (non-hydrogen) atoms. The number of amides is 2. The van der Waals surface area contributed by atoms with E-state index in [4.69, 9.17) is 4.74 Å². The van der Waals surface area contributed by atoms with Crippen LogP contribution >= 0.6 is 0 Å². The number of nitrogens with one attached hydrogen (secondary N) is 2. The van der Waals surface area contributed by atoms with Gasteiger partial charge in [-0.05, 0) is 42.7 Å². The summed E-state index contributed by atoms with van der Waals surface area (Å²) in [5.74, 6) is 0.169. The number of hydrogen-bond acceptors (Lipinski definition) is 4. The van der Waals surface area contributed by atoms with E-state index in [1.165, 1.54) is 16.5 Å². The molecule has 2 unspecified atom stereocenters. The van der Waals surface area contributed by atoms with E-state index in [9.17, 15) is 9.59 Å². The van der Waals surface area contributed by atoms with Gasteiger partial charge in [0, 0.05) is 75.5 Å². The van der Waals surface area contributed by atoms with Crippen LogP contribution < -0.4 is 10.6 Å². The summed E-state index contributed by atoms with van der Waals surface area (Å²) in [4.78, 5) is 28.3. The molecule has 1 saturated carbocycles. The number of methoxy groups -OCH3 is 1. The number of fused-ring (bicyclic) bond motifs is 1. The quantitative estimate of drug-likeness (QED) is 0.507. The first-order valence-electron chi connectivity index (χ1n) is 13.1. The predicted molar refractivity (Wildman–Crippen MR) is 139 cm³/mol. The third-order valence-electron chi connectivity index (χ3n) is 6.99. The van der Waals surface area contributed by atoms with E-state index < -0.39 is 0 Å². The molecule has 2 heterocycles. The van der Waals surface area contributed by atoms with Gasteiger partial charge in [0.2, 0.25) is 11.8 Å². The molecular formula is C28H42N4O3. The molecule has 2 atom stereocenters. The Morgan fingerprint density at radius 3 is 2.69 bits per heavy atom. The minimum absolute atomic E-state index is 0.00342. The average Bonchev–Trinajstić information content (AvgIpc) is 3.59. The number of carbonyl (C=O) groups excluding carboxylic acids is 2. The van der Waals surface area contributed by atoms with Crippen molar-refractivity contribution in [3.8, 4) is 0 Å². The van der Waals surface area contributed by atoms with Crippen molar-refractivity contribution < 1.29 is 14.3 Å². The molecule has 2 fully saturated rings. The topological polar surface area (TPSA) is 75.6 Å². The molecular weight excluding hydrogens is 440 g/mol. The van der Waals surface area contributed by atoms with Crippen molar-refractivity contribution in [1.82, 2.24) is 20.1 Å². The van der Waals surface area contributed by atoms with E-state index in [0.717, 1.165) is 39.0 Å². The molecule has 2 amide bonds. The molecule has 2 N–H and O–H groups in total. The Kier molecular flexibility index (Phi) is 8.17. The zero-order valence-electron chi connectivity index (χ0n) is 21.8. The fourth-order valence-corrected chi connectivity index (χ4v) is 5.20. The number of carbonyl (C=O) groups is 2. The lowest BCUT2D eigenvalue weighted by Crippen LogP contribution is -2.53. The Bertz CT molecular complexity index is 1020. The second kappa shape index (κ2) is 11.1. The van der Waals surface area contributed by atoms with Crippen molar-refractivity contribution in [2.45, 2.75) is 78.0 Å². The molecule has 4 rings (SSSR count). The number of aryl methyl sites for hydroxylation is 1. The standard InChI is InChI=1S/C28H42N4O3/c1-28(2,3)15-26(33)30-22-14-20(16-29-17-22)27(34)32(23-10-11-23)19-21-18-31(12-7-13-35-4)25-9-6-5-8-24(21)25/h5-6,8-9,18,20,22-23,29H,7,10-17,19H2,1-4H3,(H,30,33). The summed E-state index contributed by atoms with van der Waals surface area (Å²) in [5, 5.41) is 7.78. The Morgan fingerprint density at radius 1 is 1.20 bits per heavy atom. The lowest BCUT2D eigenvalue weighted by Gasteiger charge is -2.34. The lowest BCUT2D eigenvalue weighted by atomic mass is 9.90. The van der Waals surface area contributed by atoms with Crippen LogP contribution in [0.25, 0.3) is 10.9 Å². The molecule has 1 aliphatic carbocycles. The van der Waals surface area contributed by atoms with Crippen LogP contribution in [-0.2, 0) is 27.4 Å². The summed E-state index contributed by atoms with van der Waals surface area (Å²) in [6.45, 7) is 9.87. The highest BCUT2D eigenvalue weighted by Crippen LogP contribution is 2.33. The zero-order chi connectivity index (χ0) is 25.0. The van der Waals surface area contributed by atoms with Gasteiger partial charge in [-0.25, -0.2) is 0 Å². The molecule has 1 aliphatic heterocycles. The minimum Gasteiger partial charge on any atom is -0.385 e. The Morgan fingerprint density at radius 2 is 1.97 bits per heavy atom. The van der Waals surface area contributed by atoms with Crippen molar-refractivity contribution in [2.75, 3.05) is 26.8 Å². The van der Waals surface area contributed by atoms with E-state index in [2.05, 4.69) is 71.3 Å². The number of rotatable bonds is 10. The largest absolute Gasteiger partial charge is 0.385 e. The number of nitrogens with zero attached hydrogens (tertiary/aromatic N) is 2. The van der Waals surface area contributed by atoms with Crippen LogP contribution in [0, 0.1) is 11.3 Å². The third kappa shape index (κ3) is 6.85. The van der Waals surface area contributed by atoms with Crippen LogP contribution in [0.15, 0.2) is 30.5 Å². The molecule has 1 aromatic heterocycles. The van der Waals surface area contributed by atoms with Gasteiger partial charge in [-0.1, -0.05) is 39.0 Å². The summed E-state index contributed by atoms with van der Waals surface area (Å²) in [6, 6.07) is 8.79. The number of ether oxygens (including phenoxy) is 1. The molecule has 0 bridgehead atoms. The molecule has 2 aromatic rings. The minimum atomic E-state index is -0.112. The second-order valence-electron chi connectivity index (χ2n) is 11.5. The highest BCUT2D eigenvalue weighted by atomic mass is 16.5. The van der Waals surface area contributed by atoms with Crippen molar-refractivity contribution in [2.24, 2.45) is 11.3 Å². The fraction of sp³-hybridized carbons (Fsp3) is 0.643. The first-order valence-corrected chi connectivity index (χ1v) is 13.1. The molecule has 1 saturated heterocycles. The highest BCUT2D eigenvalue weighted by Gasteiger charge is 2.38. The van der Waals surface area contributed by atoms with Crippen LogP contribution in [0.5, 0.6) is 0 Å². The molecule has 0 spiro atoms. The number of piperidine rings is 1. The van der Waals surface area contributed by atoms with Gasteiger partial charge < -0.3 is 24.8 Å². The van der Waals surface area contributed by atoms with Gasteiger partial charge in [-0.2, -0.15) is 0 Å². The molecule has 7 nitrogen and oxygen atoms in total. The van der Waals surface area contributed by atoms with Crippen LogP contribution in [-0.4, -0.2) is 60.2 Å². The van der Waals surface area contributed by atoms with Crippen LogP contribution in [0.3, 0.4) is 0 Å². The maximum atomic E-state index is 13.7. The normalized spacial score (nSPS) is 20.7. The van der Waals surface area contributed by atoms with Gasteiger partial charge in [0.1, 0.15) is 0 Å². The summed E-state index contributed by atoms with van der Waals surface area (Å²) in [5.41, 5.74) is 2.37. The Balaban J connectivity index is 1.45. The molecule has 2 aliphatic rings. The van der Waals surface area contributed by atoms with E-state index in [-0.39, 0.29) is 29.2 Å². The first-order chi connectivity index (χ1) is 16.7. The first kappa shape index (κ1) is 25.7. The fourth-order valence-electron chi connectivity index (χ4n) is 5.20. The summed E-state index contributed by atoms with van der Waals surface area (Å²) in [6.07, 6.45) is 6.51. The van der Waals surface area contributed by atoms with Gasteiger partial charge in [0.05, 0.1) is 5.92 Å². The van der Waals surface area contributed by atoms with Crippen molar-refractivity contribution in [1.29, 1.82) is 0 Å². The van der Waals surface area contributed by atoms with Gasteiger partial charge in [-0.15, -0.1) is 0 Å². The van der Waals surface area contributed by atoms with Crippen molar-refractivity contribution in [3.63, 3.8) is 0 Å². The maximum Gasteiger partial charge on any atom is 0.227 e. The van der Waals surface area contributed by atoms with E-state index in [1.807, 2.05) is 0 Å². The summed E-state index contributed by atoms with van der Waals surface area (Å²) >= 11 is 0. The maximum absolute atomic E-state index is 13.7. The van der Waals surface area contributed by atoms with Crippen molar-refractivity contribution >= 4 is 22.7 Å². The van der Waals surface area contributed by atoms with Crippen LogP contribution in [0.2, 0.25) is 0 Å². The van der Waals surface area contributed by atoms with Crippen molar-refractivity contribution in [3.05, 3.63) is 36.0 Å². The summed E-state index contributed by atoms with van der Waals surface area (Å²) in [7, 11) is 1.74. The Labute approximate surface area is 209 Å². The second-order valence-corrected chi connectivity index (χ2v) is 11.5. The monoisotopic (exact) mass is 482 g/mol. The Hall–Kier alpha value is -2.38. The number of para-hydroxylation sites is 1. The van der Waals surface area contributed by atoms with E-state index in [0.29, 0.717) is 32.0 Å². The number of benzene rings is 1. The number of hydrogen-bond donors (Lipinski definition) is 2. The SMILES string of the molecule is COCCCn1cc(CN(C(=O)C2CNCC(NC(=O)CC(C)(C)C)C2)C2CC2)c2ccccc21. The molecule has 1 aromatic carbocycles. The zero-order valence-corrected chi connectivity index (χ0v) is 21.8. The molecule has 0 radical (unpaired) electrons. The van der Waals surface area contributed by atoms with E-state index >= 15 is 0 Å². The molecule has 7 heteroatoms. The number of aromatic nitrogens is 1. The lowest BCUT2D eigenvalue weighted by molar-refractivity contribution is -0.138. The van der Waals surface area contributed by atoms with Gasteiger partial charge >= 0.3 is 0 Å². The van der Waals surface area contributed by atoms with Gasteiger partial charge in [0.15, 0.2) is 0 Å². The van der Waals surface area contributed by atoms with E-state index in [1.54, 1.807) is 7.11 Å². The van der Waals surface area contributed by atoms with Crippen LogP contribution in [0.4, 0.5) is 0 Å². The van der Waals surface area contributed by atoms with Gasteiger partial charge in [0.25, 0.3) is 0 Å². The van der Waals surface area contributed by atoms with Gasteiger partial charge in [-0.3, -0.25) is 9.59 Å². The highest BCUT2D eigenvalue weighted by molar-refractivity contribution is 5.85.